The Labute approximate surface area is 121 Å². The molecule has 2 unspecified atom stereocenters. The maximum Gasteiger partial charge on any atom is 0.224 e. The number of anilines is 2. The highest BCUT2D eigenvalue weighted by atomic mass is 16.1. The molecule has 1 amide bonds. The molecular weight excluding hydrogens is 250 g/mol. The van der Waals surface area contributed by atoms with Crippen LogP contribution in [-0.4, -0.2) is 30.4 Å². The molecule has 4 heteroatoms. The summed E-state index contributed by atoms with van der Waals surface area (Å²) < 4.78 is 0. The maximum absolute atomic E-state index is 11.8. The van der Waals surface area contributed by atoms with Crippen molar-refractivity contribution in [3.63, 3.8) is 0 Å². The van der Waals surface area contributed by atoms with Crippen LogP contribution in [0.15, 0.2) is 24.3 Å². The summed E-state index contributed by atoms with van der Waals surface area (Å²) in [5, 5.41) is 2.90. The zero-order valence-electron chi connectivity index (χ0n) is 12.4. The molecule has 0 aliphatic carbocycles. The van der Waals surface area contributed by atoms with Crippen LogP contribution in [0.2, 0.25) is 0 Å². The molecule has 2 rings (SSSR count). The molecule has 0 spiro atoms. The Morgan fingerprint density at radius 2 is 1.85 bits per heavy atom. The van der Waals surface area contributed by atoms with Gasteiger partial charge in [0.15, 0.2) is 0 Å². The summed E-state index contributed by atoms with van der Waals surface area (Å²) in [7, 11) is 0. The van der Waals surface area contributed by atoms with Crippen molar-refractivity contribution in [2.75, 3.05) is 30.7 Å². The zero-order valence-corrected chi connectivity index (χ0v) is 12.4. The van der Waals surface area contributed by atoms with Crippen molar-refractivity contribution >= 4 is 17.3 Å². The summed E-state index contributed by atoms with van der Waals surface area (Å²) in [4.78, 5) is 14.3. The SMILES string of the molecule is CC1CN(CCCC(=O)Nc2ccc(N)cc2)CC1C. The van der Waals surface area contributed by atoms with E-state index < -0.39 is 0 Å². The second-order valence-electron chi connectivity index (χ2n) is 5.99. The van der Waals surface area contributed by atoms with Crippen LogP contribution in [0.4, 0.5) is 11.4 Å². The van der Waals surface area contributed by atoms with Crippen LogP contribution in [0.1, 0.15) is 26.7 Å². The van der Waals surface area contributed by atoms with E-state index in [0.29, 0.717) is 12.1 Å². The van der Waals surface area contributed by atoms with Gasteiger partial charge in [-0.1, -0.05) is 13.8 Å². The minimum absolute atomic E-state index is 0.0788. The Morgan fingerprint density at radius 1 is 1.25 bits per heavy atom. The van der Waals surface area contributed by atoms with Gasteiger partial charge in [-0.15, -0.1) is 0 Å². The first kappa shape index (κ1) is 14.9. The molecule has 110 valence electrons. The van der Waals surface area contributed by atoms with E-state index in [1.165, 1.54) is 13.1 Å². The van der Waals surface area contributed by atoms with Crippen molar-refractivity contribution in [1.29, 1.82) is 0 Å². The van der Waals surface area contributed by atoms with Gasteiger partial charge in [0.05, 0.1) is 0 Å². The van der Waals surface area contributed by atoms with Crippen LogP contribution in [0.5, 0.6) is 0 Å². The van der Waals surface area contributed by atoms with E-state index in [-0.39, 0.29) is 5.91 Å². The first-order valence-electron chi connectivity index (χ1n) is 7.42. The minimum atomic E-state index is 0.0788. The Bertz CT molecular complexity index is 434. The molecule has 0 bridgehead atoms. The molecule has 20 heavy (non-hydrogen) atoms. The number of nitrogens with two attached hydrogens (primary N) is 1. The molecule has 1 aromatic carbocycles. The number of amides is 1. The maximum atomic E-state index is 11.8. The molecule has 2 atom stereocenters. The molecule has 0 aromatic heterocycles. The van der Waals surface area contributed by atoms with E-state index in [1.807, 2.05) is 12.1 Å². The van der Waals surface area contributed by atoms with Gasteiger partial charge in [-0.05, 0) is 49.1 Å². The van der Waals surface area contributed by atoms with Crippen LogP contribution >= 0.6 is 0 Å². The Balaban J connectivity index is 1.67. The molecule has 1 aliphatic rings. The molecule has 1 aliphatic heterocycles. The average molecular weight is 275 g/mol. The van der Waals surface area contributed by atoms with Crippen molar-refractivity contribution < 1.29 is 4.79 Å². The van der Waals surface area contributed by atoms with E-state index in [2.05, 4.69) is 24.1 Å². The molecule has 0 saturated carbocycles. The predicted octanol–water partition coefficient (Wildman–Crippen LogP) is 2.58. The van der Waals surface area contributed by atoms with Crippen molar-refractivity contribution in [2.45, 2.75) is 26.7 Å². The summed E-state index contributed by atoms with van der Waals surface area (Å²) in [6.07, 6.45) is 1.49. The number of benzene rings is 1. The molecule has 3 N–H and O–H groups in total. The predicted molar refractivity (Wildman–Crippen MR) is 83.5 cm³/mol. The second-order valence-corrected chi connectivity index (χ2v) is 5.99. The quantitative estimate of drug-likeness (QED) is 0.812. The number of nitrogen functional groups attached to an aromatic ring is 1. The van der Waals surface area contributed by atoms with Crippen molar-refractivity contribution in [1.82, 2.24) is 4.90 Å². The van der Waals surface area contributed by atoms with E-state index in [1.54, 1.807) is 12.1 Å². The van der Waals surface area contributed by atoms with Gasteiger partial charge in [0, 0.05) is 30.9 Å². The van der Waals surface area contributed by atoms with Gasteiger partial charge in [0.25, 0.3) is 0 Å². The van der Waals surface area contributed by atoms with Crippen molar-refractivity contribution in [2.24, 2.45) is 11.8 Å². The first-order chi connectivity index (χ1) is 9.54. The highest BCUT2D eigenvalue weighted by Gasteiger charge is 2.25. The Kier molecular flexibility index (Phi) is 5.01. The first-order valence-corrected chi connectivity index (χ1v) is 7.42. The van der Waals surface area contributed by atoms with Crippen LogP contribution in [-0.2, 0) is 4.79 Å². The van der Waals surface area contributed by atoms with Gasteiger partial charge in [-0.2, -0.15) is 0 Å². The minimum Gasteiger partial charge on any atom is -0.399 e. The molecule has 1 fully saturated rings. The highest BCUT2D eigenvalue weighted by Crippen LogP contribution is 2.22. The number of hydrogen-bond acceptors (Lipinski definition) is 3. The van der Waals surface area contributed by atoms with Crippen LogP contribution in [0.25, 0.3) is 0 Å². The third kappa shape index (κ3) is 4.23. The molecule has 1 saturated heterocycles. The summed E-state index contributed by atoms with van der Waals surface area (Å²) >= 11 is 0. The smallest absolute Gasteiger partial charge is 0.224 e. The standard InChI is InChI=1S/C16H25N3O/c1-12-10-19(11-13(12)2)9-3-4-16(20)18-15-7-5-14(17)6-8-15/h5-8,12-13H,3-4,9-11,17H2,1-2H3,(H,18,20). The lowest BCUT2D eigenvalue weighted by Crippen LogP contribution is -2.23. The van der Waals surface area contributed by atoms with E-state index >= 15 is 0 Å². The number of carbonyl (C=O) groups is 1. The number of carbonyl (C=O) groups excluding carboxylic acids is 1. The van der Waals surface area contributed by atoms with Crippen LogP contribution in [0, 0.1) is 11.8 Å². The summed E-state index contributed by atoms with van der Waals surface area (Å²) in [6, 6.07) is 7.25. The third-order valence-corrected chi connectivity index (χ3v) is 4.14. The normalized spacial score (nSPS) is 22.9. The fourth-order valence-electron chi connectivity index (χ4n) is 2.68. The highest BCUT2D eigenvalue weighted by molar-refractivity contribution is 5.90. The fourth-order valence-corrected chi connectivity index (χ4v) is 2.68. The average Bonchev–Trinajstić information content (AvgIpc) is 2.71. The van der Waals surface area contributed by atoms with E-state index in [9.17, 15) is 4.79 Å². The lowest BCUT2D eigenvalue weighted by molar-refractivity contribution is -0.116. The third-order valence-electron chi connectivity index (χ3n) is 4.14. The fraction of sp³-hybridized carbons (Fsp3) is 0.562. The van der Waals surface area contributed by atoms with Gasteiger partial charge in [0.2, 0.25) is 5.91 Å². The van der Waals surface area contributed by atoms with Gasteiger partial charge < -0.3 is 16.0 Å². The molecule has 0 radical (unpaired) electrons. The van der Waals surface area contributed by atoms with Gasteiger partial charge in [0.1, 0.15) is 0 Å². The number of hydrogen-bond donors (Lipinski definition) is 2. The molecule has 1 aromatic rings. The van der Waals surface area contributed by atoms with Crippen molar-refractivity contribution in [3.05, 3.63) is 24.3 Å². The Morgan fingerprint density at radius 3 is 2.45 bits per heavy atom. The molecular formula is C16H25N3O. The number of rotatable bonds is 5. The monoisotopic (exact) mass is 275 g/mol. The number of nitrogens with zero attached hydrogens (tertiary/aromatic N) is 1. The zero-order chi connectivity index (χ0) is 14.5. The van der Waals surface area contributed by atoms with Gasteiger partial charge in [-0.3, -0.25) is 4.79 Å². The lowest BCUT2D eigenvalue weighted by Gasteiger charge is -2.14. The number of likely N-dealkylation sites (tertiary alicyclic amines) is 1. The van der Waals surface area contributed by atoms with E-state index in [4.69, 9.17) is 5.73 Å². The van der Waals surface area contributed by atoms with Crippen molar-refractivity contribution in [3.8, 4) is 0 Å². The summed E-state index contributed by atoms with van der Waals surface area (Å²) in [6.45, 7) is 7.96. The number of nitrogens with one attached hydrogen (secondary N) is 1. The van der Waals surface area contributed by atoms with Gasteiger partial charge >= 0.3 is 0 Å². The Hall–Kier alpha value is -1.55. The lowest BCUT2D eigenvalue weighted by atomic mass is 10.0. The topological polar surface area (TPSA) is 58.4 Å². The van der Waals surface area contributed by atoms with Crippen LogP contribution in [0.3, 0.4) is 0 Å². The van der Waals surface area contributed by atoms with E-state index in [0.717, 1.165) is 30.5 Å². The molecule has 4 nitrogen and oxygen atoms in total. The van der Waals surface area contributed by atoms with Crippen LogP contribution < -0.4 is 11.1 Å². The van der Waals surface area contributed by atoms with Gasteiger partial charge in [-0.25, -0.2) is 0 Å². The molecule has 1 heterocycles. The summed E-state index contributed by atoms with van der Waals surface area (Å²) in [5.74, 6) is 1.63. The largest absolute Gasteiger partial charge is 0.399 e. The summed E-state index contributed by atoms with van der Waals surface area (Å²) in [5.41, 5.74) is 7.13. The second kappa shape index (κ2) is 6.75.